The third-order valence-electron chi connectivity index (χ3n) is 5.01. The summed E-state index contributed by atoms with van der Waals surface area (Å²) in [4.78, 5) is 14.2. The van der Waals surface area contributed by atoms with Gasteiger partial charge in [0.2, 0.25) is 5.91 Å². The van der Waals surface area contributed by atoms with Crippen LogP contribution < -0.4 is 5.73 Å². The predicted octanol–water partition coefficient (Wildman–Crippen LogP) is 2.58. The second-order valence-electron chi connectivity index (χ2n) is 6.22. The Hall–Kier alpha value is -1.13. The molecule has 0 radical (unpaired) electrons. The Morgan fingerprint density at radius 3 is 2.62 bits per heavy atom. The summed E-state index contributed by atoms with van der Waals surface area (Å²) in [6.07, 6.45) is 3.36. The minimum absolute atomic E-state index is 0. The number of nitrogens with zero attached hydrogens (tertiary/aromatic N) is 1. The minimum Gasteiger partial charge on any atom is -0.341 e. The van der Waals surface area contributed by atoms with Crippen molar-refractivity contribution in [3.63, 3.8) is 0 Å². The average molecular weight is 313 g/mol. The summed E-state index contributed by atoms with van der Waals surface area (Å²) in [5.41, 5.74) is 6.76. The normalized spacial score (nSPS) is 30.0. The van der Waals surface area contributed by atoms with Gasteiger partial charge in [0.1, 0.15) is 5.82 Å². The van der Waals surface area contributed by atoms with E-state index in [1.165, 1.54) is 6.07 Å². The van der Waals surface area contributed by atoms with Crippen molar-refractivity contribution in [2.45, 2.75) is 31.8 Å². The van der Waals surface area contributed by atoms with E-state index >= 15 is 0 Å². The summed E-state index contributed by atoms with van der Waals surface area (Å²) in [6, 6.07) is 6.59. The maximum Gasteiger partial charge on any atom is 0.227 e. The second-order valence-corrected chi connectivity index (χ2v) is 6.22. The van der Waals surface area contributed by atoms with Crippen LogP contribution in [0.25, 0.3) is 0 Å². The SMILES string of the molecule is CN(Cc1ccccc1F)C(=O)C1C2CCC(C2)C1N.Cl. The topological polar surface area (TPSA) is 46.3 Å². The fourth-order valence-corrected chi connectivity index (χ4v) is 3.92. The molecule has 2 saturated carbocycles. The van der Waals surface area contributed by atoms with Crippen molar-refractivity contribution in [2.75, 3.05) is 7.05 Å². The minimum atomic E-state index is -0.260. The van der Waals surface area contributed by atoms with E-state index in [4.69, 9.17) is 5.73 Å². The van der Waals surface area contributed by atoms with Crippen LogP contribution in [0.4, 0.5) is 4.39 Å². The molecule has 2 N–H and O–H groups in total. The fraction of sp³-hybridized carbons (Fsp3) is 0.562. The molecule has 5 heteroatoms. The van der Waals surface area contributed by atoms with E-state index < -0.39 is 0 Å². The molecule has 116 valence electrons. The number of hydrogen-bond donors (Lipinski definition) is 1. The number of carbonyl (C=O) groups excluding carboxylic acids is 1. The standard InChI is InChI=1S/C16H21FN2O.ClH/c1-19(9-12-4-2-3-5-13(12)17)16(20)14-10-6-7-11(8-10)15(14)18;/h2-5,10-11,14-15H,6-9,18H2,1H3;1H. The van der Waals surface area contributed by atoms with Crippen LogP contribution in [0.5, 0.6) is 0 Å². The fourth-order valence-electron chi connectivity index (χ4n) is 3.92. The van der Waals surface area contributed by atoms with Gasteiger partial charge in [0, 0.05) is 25.2 Å². The summed E-state index contributed by atoms with van der Waals surface area (Å²) >= 11 is 0. The first kappa shape index (κ1) is 16.2. The maximum atomic E-state index is 13.7. The van der Waals surface area contributed by atoms with Gasteiger partial charge in [-0.2, -0.15) is 0 Å². The van der Waals surface area contributed by atoms with Crippen molar-refractivity contribution in [2.24, 2.45) is 23.5 Å². The van der Waals surface area contributed by atoms with Crippen molar-refractivity contribution in [1.82, 2.24) is 4.90 Å². The molecular formula is C16H22ClFN2O. The van der Waals surface area contributed by atoms with Gasteiger partial charge in [0.05, 0.1) is 5.92 Å². The van der Waals surface area contributed by atoms with Gasteiger partial charge >= 0.3 is 0 Å². The molecule has 2 fully saturated rings. The Bertz CT molecular complexity index is 523. The van der Waals surface area contributed by atoms with E-state index in [-0.39, 0.29) is 36.1 Å². The van der Waals surface area contributed by atoms with Crippen molar-refractivity contribution in [1.29, 1.82) is 0 Å². The summed E-state index contributed by atoms with van der Waals surface area (Å²) in [7, 11) is 1.74. The number of nitrogens with two attached hydrogens (primary N) is 1. The van der Waals surface area contributed by atoms with Crippen LogP contribution in [0.15, 0.2) is 24.3 Å². The molecule has 0 saturated heterocycles. The smallest absolute Gasteiger partial charge is 0.227 e. The zero-order valence-electron chi connectivity index (χ0n) is 12.2. The van der Waals surface area contributed by atoms with Crippen LogP contribution >= 0.6 is 12.4 Å². The molecule has 21 heavy (non-hydrogen) atoms. The Kier molecular flexibility index (Phi) is 4.89. The molecule has 3 nitrogen and oxygen atoms in total. The number of fused-ring (bicyclic) bond motifs is 2. The monoisotopic (exact) mass is 312 g/mol. The number of benzene rings is 1. The summed E-state index contributed by atoms with van der Waals surface area (Å²) < 4.78 is 13.7. The maximum absolute atomic E-state index is 13.7. The third-order valence-corrected chi connectivity index (χ3v) is 5.01. The van der Waals surface area contributed by atoms with Crippen molar-refractivity contribution >= 4 is 18.3 Å². The first-order valence-corrected chi connectivity index (χ1v) is 7.32. The lowest BCUT2D eigenvalue weighted by atomic mass is 9.84. The molecule has 3 rings (SSSR count). The Labute approximate surface area is 131 Å². The van der Waals surface area contributed by atoms with E-state index in [0.29, 0.717) is 23.9 Å². The average Bonchev–Trinajstić information content (AvgIpc) is 3.01. The van der Waals surface area contributed by atoms with E-state index in [9.17, 15) is 9.18 Å². The van der Waals surface area contributed by atoms with Crippen LogP contribution in [0.3, 0.4) is 0 Å². The van der Waals surface area contributed by atoms with E-state index in [0.717, 1.165) is 19.3 Å². The highest BCUT2D eigenvalue weighted by molar-refractivity contribution is 5.85. The number of carbonyl (C=O) groups is 1. The third kappa shape index (κ3) is 2.92. The Morgan fingerprint density at radius 1 is 1.33 bits per heavy atom. The summed E-state index contributed by atoms with van der Waals surface area (Å²) in [5, 5.41) is 0. The number of hydrogen-bond acceptors (Lipinski definition) is 2. The summed E-state index contributed by atoms with van der Waals surface area (Å²) in [6.45, 7) is 0.312. The van der Waals surface area contributed by atoms with Gasteiger partial charge in [-0.3, -0.25) is 4.79 Å². The van der Waals surface area contributed by atoms with Gasteiger partial charge in [-0.05, 0) is 37.2 Å². The molecule has 0 aromatic heterocycles. The molecule has 4 unspecified atom stereocenters. The highest BCUT2D eigenvalue weighted by Crippen LogP contribution is 2.48. The van der Waals surface area contributed by atoms with Gasteiger partial charge in [-0.25, -0.2) is 4.39 Å². The molecule has 1 aromatic carbocycles. The number of rotatable bonds is 3. The van der Waals surface area contributed by atoms with Crippen molar-refractivity contribution < 1.29 is 9.18 Å². The van der Waals surface area contributed by atoms with Crippen molar-refractivity contribution in [3.05, 3.63) is 35.6 Å². The van der Waals surface area contributed by atoms with Crippen LogP contribution in [-0.4, -0.2) is 23.9 Å². The lowest BCUT2D eigenvalue weighted by Gasteiger charge is -2.30. The van der Waals surface area contributed by atoms with E-state index in [2.05, 4.69) is 0 Å². The van der Waals surface area contributed by atoms with Gasteiger partial charge in [0.25, 0.3) is 0 Å². The zero-order chi connectivity index (χ0) is 14.3. The van der Waals surface area contributed by atoms with Crippen LogP contribution in [0.2, 0.25) is 0 Å². The lowest BCUT2D eigenvalue weighted by Crippen LogP contribution is -2.45. The number of amides is 1. The largest absolute Gasteiger partial charge is 0.341 e. The molecule has 1 aromatic rings. The molecule has 0 spiro atoms. The molecule has 4 atom stereocenters. The second kappa shape index (κ2) is 6.32. The van der Waals surface area contributed by atoms with Gasteiger partial charge in [-0.15, -0.1) is 12.4 Å². The summed E-state index contributed by atoms with van der Waals surface area (Å²) in [5.74, 6) is 0.698. The van der Waals surface area contributed by atoms with Crippen LogP contribution in [-0.2, 0) is 11.3 Å². The lowest BCUT2D eigenvalue weighted by molar-refractivity contribution is -0.137. The quantitative estimate of drug-likeness (QED) is 0.932. The Morgan fingerprint density at radius 2 is 2.00 bits per heavy atom. The molecular weight excluding hydrogens is 291 g/mol. The molecule has 1 amide bonds. The molecule has 2 aliphatic rings. The Balaban J connectivity index is 0.00000161. The van der Waals surface area contributed by atoms with E-state index in [1.54, 1.807) is 30.1 Å². The van der Waals surface area contributed by atoms with Crippen LogP contribution in [0.1, 0.15) is 24.8 Å². The van der Waals surface area contributed by atoms with Crippen LogP contribution in [0, 0.1) is 23.6 Å². The molecule has 2 aliphatic carbocycles. The first-order chi connectivity index (χ1) is 9.58. The first-order valence-electron chi connectivity index (χ1n) is 7.32. The molecule has 0 heterocycles. The highest BCUT2D eigenvalue weighted by Gasteiger charge is 2.49. The molecule has 0 aliphatic heterocycles. The van der Waals surface area contributed by atoms with Crippen molar-refractivity contribution in [3.8, 4) is 0 Å². The predicted molar refractivity (Wildman–Crippen MR) is 82.4 cm³/mol. The van der Waals surface area contributed by atoms with E-state index in [1.807, 2.05) is 0 Å². The van der Waals surface area contributed by atoms with Gasteiger partial charge in [0.15, 0.2) is 0 Å². The molecule has 2 bridgehead atoms. The van der Waals surface area contributed by atoms with Gasteiger partial charge < -0.3 is 10.6 Å². The van der Waals surface area contributed by atoms with Gasteiger partial charge in [-0.1, -0.05) is 18.2 Å². The highest BCUT2D eigenvalue weighted by atomic mass is 35.5. The zero-order valence-corrected chi connectivity index (χ0v) is 13.0. The number of halogens is 2.